The first kappa shape index (κ1) is 17.6. The molecule has 0 N–H and O–H groups in total. The van der Waals surface area contributed by atoms with Crippen LogP contribution < -0.4 is 0 Å². The molecule has 4 rings (SSSR count). The summed E-state index contributed by atoms with van der Waals surface area (Å²) < 4.78 is 20.2. The molecule has 0 saturated carbocycles. The maximum Gasteiger partial charge on any atom is 0.250 e. The van der Waals surface area contributed by atoms with Gasteiger partial charge in [0.1, 0.15) is 11.3 Å². The van der Waals surface area contributed by atoms with E-state index in [-0.39, 0.29) is 17.8 Å². The van der Waals surface area contributed by atoms with E-state index in [1.54, 1.807) is 23.9 Å². The van der Waals surface area contributed by atoms with Crippen LogP contribution in [0.4, 0.5) is 4.39 Å². The third-order valence-electron chi connectivity index (χ3n) is 5.02. The Morgan fingerprint density at radius 3 is 2.63 bits per heavy atom. The van der Waals surface area contributed by atoms with E-state index in [9.17, 15) is 9.18 Å². The summed E-state index contributed by atoms with van der Waals surface area (Å²) in [6, 6.07) is 13.3. The van der Waals surface area contributed by atoms with Crippen LogP contribution in [-0.4, -0.2) is 46.1 Å². The van der Waals surface area contributed by atoms with Crippen molar-refractivity contribution in [1.82, 2.24) is 19.9 Å². The average molecular weight is 368 g/mol. The van der Waals surface area contributed by atoms with Gasteiger partial charge in [-0.3, -0.25) is 4.79 Å². The Labute approximate surface area is 156 Å². The molecule has 1 aliphatic rings. The first-order chi connectivity index (χ1) is 13.2. The number of rotatable bonds is 7. The van der Waals surface area contributed by atoms with E-state index in [0.29, 0.717) is 13.2 Å². The molecule has 3 aromatic rings. The molecular weight excluding hydrogens is 347 g/mol. The van der Waals surface area contributed by atoms with Gasteiger partial charge in [-0.25, -0.2) is 9.07 Å². The van der Waals surface area contributed by atoms with Gasteiger partial charge >= 0.3 is 0 Å². The molecule has 0 aliphatic carbocycles. The van der Waals surface area contributed by atoms with Crippen molar-refractivity contribution in [1.29, 1.82) is 0 Å². The molecule has 2 heterocycles. The first-order valence-corrected chi connectivity index (χ1v) is 9.05. The largest absolute Gasteiger partial charge is 0.385 e. The van der Waals surface area contributed by atoms with Crippen LogP contribution in [-0.2, 0) is 9.53 Å². The summed E-state index contributed by atoms with van der Waals surface area (Å²) in [7, 11) is 1.67. The Morgan fingerprint density at radius 2 is 1.85 bits per heavy atom. The second-order valence-electron chi connectivity index (χ2n) is 6.70. The number of fused-ring (bicyclic) bond motifs is 1. The highest BCUT2D eigenvalue weighted by Crippen LogP contribution is 2.44. The lowest BCUT2D eigenvalue weighted by atomic mass is 9.88. The Balaban J connectivity index is 1.65. The Morgan fingerprint density at radius 1 is 1.07 bits per heavy atom. The highest BCUT2D eigenvalue weighted by molar-refractivity contribution is 5.90. The SMILES string of the molecule is COCCCCN1C(=O)[C@H](n2nnc3ccccc32)[C@@H]1c1ccc(F)cc1. The lowest BCUT2D eigenvalue weighted by Gasteiger charge is -2.47. The van der Waals surface area contributed by atoms with Crippen molar-refractivity contribution in [2.45, 2.75) is 24.9 Å². The van der Waals surface area contributed by atoms with Gasteiger partial charge in [-0.2, -0.15) is 0 Å². The van der Waals surface area contributed by atoms with Gasteiger partial charge in [-0.15, -0.1) is 5.10 Å². The average Bonchev–Trinajstić information content (AvgIpc) is 3.10. The fourth-order valence-electron chi connectivity index (χ4n) is 3.66. The molecular formula is C20H21FN4O2. The molecule has 1 aliphatic heterocycles. The number of β-lactam (4-membered cyclic amide) rings is 1. The summed E-state index contributed by atoms with van der Waals surface area (Å²) in [4.78, 5) is 14.8. The molecule has 7 heteroatoms. The first-order valence-electron chi connectivity index (χ1n) is 9.05. The number of unbranched alkanes of at least 4 members (excludes halogenated alkanes) is 1. The van der Waals surface area contributed by atoms with E-state index < -0.39 is 6.04 Å². The van der Waals surface area contributed by atoms with Gasteiger partial charge < -0.3 is 9.64 Å². The third kappa shape index (κ3) is 3.19. The second-order valence-corrected chi connectivity index (χ2v) is 6.70. The van der Waals surface area contributed by atoms with Crippen molar-refractivity contribution in [2.24, 2.45) is 0 Å². The lowest BCUT2D eigenvalue weighted by molar-refractivity contribution is -0.155. The van der Waals surface area contributed by atoms with Crippen LogP contribution in [0.25, 0.3) is 11.0 Å². The van der Waals surface area contributed by atoms with Crippen LogP contribution in [0.2, 0.25) is 0 Å². The van der Waals surface area contributed by atoms with Gasteiger partial charge in [0.05, 0.1) is 11.6 Å². The fourth-order valence-corrected chi connectivity index (χ4v) is 3.66. The van der Waals surface area contributed by atoms with Gasteiger partial charge in [0.15, 0.2) is 6.04 Å². The van der Waals surface area contributed by atoms with E-state index in [1.807, 2.05) is 29.2 Å². The number of ether oxygens (including phenoxy) is 1. The van der Waals surface area contributed by atoms with Crippen molar-refractivity contribution in [2.75, 3.05) is 20.3 Å². The number of amides is 1. The molecule has 6 nitrogen and oxygen atoms in total. The molecule has 0 bridgehead atoms. The van der Waals surface area contributed by atoms with Crippen LogP contribution in [0.1, 0.15) is 30.5 Å². The number of carbonyl (C=O) groups excluding carboxylic acids is 1. The molecule has 140 valence electrons. The summed E-state index contributed by atoms with van der Waals surface area (Å²) in [5, 5.41) is 8.41. The molecule has 1 aromatic heterocycles. The third-order valence-corrected chi connectivity index (χ3v) is 5.02. The minimum atomic E-state index is -0.467. The quantitative estimate of drug-likeness (QED) is 0.475. The Hall–Kier alpha value is -2.80. The summed E-state index contributed by atoms with van der Waals surface area (Å²) in [5.74, 6) is -0.281. The van der Waals surface area contributed by atoms with Crippen LogP contribution in [0.3, 0.4) is 0 Å². The van der Waals surface area contributed by atoms with Crippen molar-refractivity contribution in [3.8, 4) is 0 Å². The summed E-state index contributed by atoms with van der Waals surface area (Å²) in [6.07, 6.45) is 1.73. The maximum atomic E-state index is 13.4. The molecule has 1 saturated heterocycles. The number of aromatic nitrogens is 3. The Bertz CT molecular complexity index is 941. The predicted octanol–water partition coefficient (Wildman–Crippen LogP) is 3.12. The smallest absolute Gasteiger partial charge is 0.250 e. The Kier molecular flexibility index (Phi) is 4.85. The molecule has 1 fully saturated rings. The van der Waals surface area contributed by atoms with Crippen molar-refractivity contribution in [3.63, 3.8) is 0 Å². The number of hydrogen-bond donors (Lipinski definition) is 0. The number of hydrogen-bond acceptors (Lipinski definition) is 4. The summed E-state index contributed by atoms with van der Waals surface area (Å²) in [5.41, 5.74) is 2.47. The molecule has 2 atom stereocenters. The minimum absolute atomic E-state index is 0.0115. The van der Waals surface area contributed by atoms with E-state index in [1.165, 1.54) is 12.1 Å². The van der Waals surface area contributed by atoms with E-state index >= 15 is 0 Å². The lowest BCUT2D eigenvalue weighted by Crippen LogP contribution is -2.56. The normalized spacial score (nSPS) is 19.5. The van der Waals surface area contributed by atoms with Crippen molar-refractivity contribution >= 4 is 16.9 Å². The van der Waals surface area contributed by atoms with Crippen molar-refractivity contribution in [3.05, 3.63) is 59.9 Å². The number of halogens is 1. The molecule has 27 heavy (non-hydrogen) atoms. The van der Waals surface area contributed by atoms with Crippen LogP contribution in [0, 0.1) is 5.82 Å². The molecule has 0 radical (unpaired) electrons. The zero-order valence-electron chi connectivity index (χ0n) is 15.1. The van der Waals surface area contributed by atoms with Gasteiger partial charge in [0.2, 0.25) is 0 Å². The second kappa shape index (κ2) is 7.44. The number of likely N-dealkylation sites (tertiary alicyclic amines) is 1. The van der Waals surface area contributed by atoms with Gasteiger partial charge in [-0.1, -0.05) is 29.5 Å². The molecule has 0 spiro atoms. The standard InChI is InChI=1S/C20H21FN4O2/c1-27-13-5-4-12-24-18(14-8-10-15(21)11-9-14)19(20(24)26)25-17-7-3-2-6-16(17)22-23-25/h2-3,6-11,18-19H,4-5,12-13H2,1H3/t18-,19+/m0/s1. The summed E-state index contributed by atoms with van der Waals surface area (Å²) >= 11 is 0. The molecule has 2 aromatic carbocycles. The number of benzene rings is 2. The zero-order chi connectivity index (χ0) is 18.8. The van der Waals surface area contributed by atoms with Gasteiger partial charge in [0, 0.05) is 20.3 Å². The van der Waals surface area contributed by atoms with Crippen molar-refractivity contribution < 1.29 is 13.9 Å². The number of carbonyl (C=O) groups is 1. The number of methoxy groups -OCH3 is 1. The van der Waals surface area contributed by atoms with Crippen LogP contribution in [0.15, 0.2) is 48.5 Å². The van der Waals surface area contributed by atoms with E-state index in [0.717, 1.165) is 29.4 Å². The number of nitrogens with zero attached hydrogens (tertiary/aromatic N) is 4. The minimum Gasteiger partial charge on any atom is -0.385 e. The zero-order valence-corrected chi connectivity index (χ0v) is 15.1. The number of para-hydroxylation sites is 1. The fraction of sp³-hybridized carbons (Fsp3) is 0.350. The molecule has 1 amide bonds. The molecule has 0 unspecified atom stereocenters. The van der Waals surface area contributed by atoms with Crippen LogP contribution >= 0.6 is 0 Å². The highest BCUT2D eigenvalue weighted by atomic mass is 19.1. The van der Waals surface area contributed by atoms with Crippen LogP contribution in [0.5, 0.6) is 0 Å². The summed E-state index contributed by atoms with van der Waals surface area (Å²) in [6.45, 7) is 1.30. The van der Waals surface area contributed by atoms with E-state index in [2.05, 4.69) is 10.3 Å². The van der Waals surface area contributed by atoms with E-state index in [4.69, 9.17) is 4.74 Å². The predicted molar refractivity (Wildman–Crippen MR) is 98.5 cm³/mol. The maximum absolute atomic E-state index is 13.4. The monoisotopic (exact) mass is 368 g/mol. The van der Waals surface area contributed by atoms with Gasteiger partial charge in [-0.05, 0) is 42.7 Å². The topological polar surface area (TPSA) is 60.2 Å². The van der Waals surface area contributed by atoms with Gasteiger partial charge in [0.25, 0.3) is 5.91 Å². The highest BCUT2D eigenvalue weighted by Gasteiger charge is 2.50.